The number of fused-ring (bicyclic) bond motifs is 1. The molecule has 2 rings (SSSR count). The van der Waals surface area contributed by atoms with Gasteiger partial charge >= 0.3 is 6.18 Å². The lowest BCUT2D eigenvalue weighted by molar-refractivity contribution is -0.136. The van der Waals surface area contributed by atoms with Crippen molar-refractivity contribution in [3.63, 3.8) is 0 Å². The molecule has 0 aliphatic heterocycles. The second-order valence-electron chi connectivity index (χ2n) is 3.31. The summed E-state index contributed by atoms with van der Waals surface area (Å²) in [5, 5.41) is 8.61. The summed E-state index contributed by atoms with van der Waals surface area (Å²) in [7, 11) is 1.36. The van der Waals surface area contributed by atoms with Crippen molar-refractivity contribution < 1.29 is 22.3 Å². The number of rotatable bonds is 1. The van der Waals surface area contributed by atoms with Gasteiger partial charge in [-0.05, 0) is 6.07 Å². The highest BCUT2D eigenvalue weighted by Crippen LogP contribution is 2.38. The highest BCUT2D eigenvalue weighted by Gasteiger charge is 2.35. The van der Waals surface area contributed by atoms with Crippen molar-refractivity contribution in [2.75, 3.05) is 7.11 Å². The Morgan fingerprint density at radius 1 is 1.35 bits per heavy atom. The molecule has 1 aromatic heterocycles. The first-order valence-electron chi connectivity index (χ1n) is 4.54. The molecule has 0 saturated carbocycles. The molecule has 0 bridgehead atoms. The molecule has 0 spiro atoms. The maximum Gasteiger partial charge on any atom is 0.420 e. The summed E-state index contributed by atoms with van der Waals surface area (Å²) >= 11 is 0. The van der Waals surface area contributed by atoms with Gasteiger partial charge in [-0.25, -0.2) is 0 Å². The molecule has 0 fully saturated rings. The quantitative estimate of drug-likeness (QED) is 0.769. The molecule has 1 aromatic carbocycles. The number of nitriles is 1. The Morgan fingerprint density at radius 3 is 2.59 bits per heavy atom. The van der Waals surface area contributed by atoms with Crippen molar-refractivity contribution in [2.24, 2.45) is 0 Å². The Balaban J connectivity index is 2.81. The molecule has 17 heavy (non-hydrogen) atoms. The molecule has 3 nitrogen and oxygen atoms in total. The molecule has 0 saturated heterocycles. The second-order valence-corrected chi connectivity index (χ2v) is 3.31. The largest absolute Gasteiger partial charge is 0.497 e. The van der Waals surface area contributed by atoms with Gasteiger partial charge in [-0.3, -0.25) is 0 Å². The topological polar surface area (TPSA) is 46.2 Å². The SMILES string of the molecule is COc1cc(C#N)c2c(C(F)(F)F)coc2c1. The Labute approximate surface area is 94.0 Å². The number of ether oxygens (including phenoxy) is 1. The number of benzene rings is 1. The zero-order valence-corrected chi connectivity index (χ0v) is 8.63. The van der Waals surface area contributed by atoms with Crippen LogP contribution in [0.3, 0.4) is 0 Å². The van der Waals surface area contributed by atoms with Gasteiger partial charge in [0, 0.05) is 6.07 Å². The van der Waals surface area contributed by atoms with E-state index in [2.05, 4.69) is 0 Å². The van der Waals surface area contributed by atoms with Crippen LogP contribution in [-0.4, -0.2) is 7.11 Å². The van der Waals surface area contributed by atoms with E-state index >= 15 is 0 Å². The molecule has 1 heterocycles. The van der Waals surface area contributed by atoms with E-state index in [0.717, 1.165) is 0 Å². The third-order valence-electron chi connectivity index (χ3n) is 2.31. The highest BCUT2D eigenvalue weighted by molar-refractivity contribution is 5.88. The van der Waals surface area contributed by atoms with E-state index in [0.29, 0.717) is 6.26 Å². The Kier molecular flexibility index (Phi) is 2.46. The van der Waals surface area contributed by atoms with E-state index in [1.165, 1.54) is 19.2 Å². The number of methoxy groups -OCH3 is 1. The van der Waals surface area contributed by atoms with Crippen LogP contribution in [0.4, 0.5) is 13.2 Å². The van der Waals surface area contributed by atoms with Crippen molar-refractivity contribution in [3.05, 3.63) is 29.5 Å². The molecule has 0 aliphatic rings. The number of alkyl halides is 3. The van der Waals surface area contributed by atoms with Crippen LogP contribution in [0.1, 0.15) is 11.1 Å². The molecular weight excluding hydrogens is 235 g/mol. The summed E-state index contributed by atoms with van der Waals surface area (Å²) in [6, 6.07) is 4.26. The maximum absolute atomic E-state index is 12.6. The lowest BCUT2D eigenvalue weighted by Gasteiger charge is -2.05. The van der Waals surface area contributed by atoms with E-state index in [-0.39, 0.29) is 22.3 Å². The smallest absolute Gasteiger partial charge is 0.420 e. The molecule has 0 amide bonds. The molecule has 88 valence electrons. The van der Waals surface area contributed by atoms with Crippen LogP contribution in [0.15, 0.2) is 22.8 Å². The summed E-state index contributed by atoms with van der Waals surface area (Å²) in [5.41, 5.74) is -1.10. The number of furan rings is 1. The molecular formula is C11H6F3NO2. The van der Waals surface area contributed by atoms with Crippen LogP contribution >= 0.6 is 0 Å². The van der Waals surface area contributed by atoms with Crippen LogP contribution < -0.4 is 4.74 Å². The van der Waals surface area contributed by atoms with Gasteiger partial charge in [-0.15, -0.1) is 0 Å². The molecule has 0 aliphatic carbocycles. The van der Waals surface area contributed by atoms with Gasteiger partial charge in [0.1, 0.15) is 29.2 Å². The van der Waals surface area contributed by atoms with Crippen molar-refractivity contribution in [1.29, 1.82) is 5.26 Å². The van der Waals surface area contributed by atoms with E-state index in [9.17, 15) is 13.2 Å². The van der Waals surface area contributed by atoms with Crippen LogP contribution in [0, 0.1) is 11.3 Å². The maximum atomic E-state index is 12.6. The summed E-state index contributed by atoms with van der Waals surface area (Å²) in [6.45, 7) is 0. The van der Waals surface area contributed by atoms with Crippen LogP contribution in [0.5, 0.6) is 5.75 Å². The fraction of sp³-hybridized carbons (Fsp3) is 0.182. The van der Waals surface area contributed by atoms with Gasteiger partial charge in [-0.2, -0.15) is 18.4 Å². The van der Waals surface area contributed by atoms with Gasteiger partial charge < -0.3 is 9.15 Å². The number of hydrogen-bond donors (Lipinski definition) is 0. The zero-order valence-electron chi connectivity index (χ0n) is 8.63. The minimum absolute atomic E-state index is 0.0202. The molecule has 0 unspecified atom stereocenters. The number of hydrogen-bond acceptors (Lipinski definition) is 3. The van der Waals surface area contributed by atoms with Gasteiger partial charge in [0.15, 0.2) is 0 Å². The van der Waals surface area contributed by atoms with Gasteiger partial charge in [0.25, 0.3) is 0 Å². The van der Waals surface area contributed by atoms with Crippen molar-refractivity contribution in [1.82, 2.24) is 0 Å². The Bertz CT molecular complexity index is 607. The molecule has 0 atom stereocenters. The fourth-order valence-corrected chi connectivity index (χ4v) is 1.56. The monoisotopic (exact) mass is 241 g/mol. The lowest BCUT2D eigenvalue weighted by Crippen LogP contribution is -2.04. The van der Waals surface area contributed by atoms with E-state index in [1.54, 1.807) is 6.07 Å². The van der Waals surface area contributed by atoms with Gasteiger partial charge in [0.05, 0.1) is 18.1 Å². The third kappa shape index (κ3) is 1.80. The molecule has 0 N–H and O–H groups in total. The summed E-state index contributed by atoms with van der Waals surface area (Å²) < 4.78 is 47.6. The first kappa shape index (κ1) is 11.3. The minimum Gasteiger partial charge on any atom is -0.497 e. The Morgan fingerprint density at radius 2 is 2.06 bits per heavy atom. The molecule has 2 aromatic rings. The normalized spacial score (nSPS) is 11.5. The third-order valence-corrected chi connectivity index (χ3v) is 2.31. The molecule has 0 radical (unpaired) electrons. The Hall–Kier alpha value is -2.16. The first-order chi connectivity index (χ1) is 7.97. The minimum atomic E-state index is -4.55. The summed E-state index contributed by atoms with van der Waals surface area (Å²) in [6.07, 6.45) is -3.95. The van der Waals surface area contributed by atoms with E-state index in [1.807, 2.05) is 0 Å². The van der Waals surface area contributed by atoms with Crippen molar-refractivity contribution >= 4 is 11.0 Å². The first-order valence-corrected chi connectivity index (χ1v) is 4.54. The highest BCUT2D eigenvalue weighted by atomic mass is 19.4. The zero-order chi connectivity index (χ0) is 12.6. The lowest BCUT2D eigenvalue weighted by atomic mass is 10.1. The predicted molar refractivity (Wildman–Crippen MR) is 52.5 cm³/mol. The van der Waals surface area contributed by atoms with Crippen molar-refractivity contribution in [2.45, 2.75) is 6.18 Å². The standard InChI is InChI=1S/C11H6F3NO2/c1-16-7-2-6(4-15)10-8(11(12,13)14)5-17-9(10)3-7/h2-3,5H,1H3. The average Bonchev–Trinajstić information content (AvgIpc) is 2.70. The predicted octanol–water partition coefficient (Wildman–Crippen LogP) is 3.33. The average molecular weight is 241 g/mol. The summed E-state index contributed by atoms with van der Waals surface area (Å²) in [5.74, 6) is 0.275. The fourth-order valence-electron chi connectivity index (χ4n) is 1.56. The number of nitrogens with zero attached hydrogens (tertiary/aromatic N) is 1. The van der Waals surface area contributed by atoms with Crippen LogP contribution in [-0.2, 0) is 6.18 Å². The molecule has 6 heteroatoms. The second kappa shape index (κ2) is 3.70. The van der Waals surface area contributed by atoms with Crippen LogP contribution in [0.2, 0.25) is 0 Å². The van der Waals surface area contributed by atoms with Gasteiger partial charge in [0.2, 0.25) is 0 Å². The van der Waals surface area contributed by atoms with Crippen LogP contribution in [0.25, 0.3) is 11.0 Å². The van der Waals surface area contributed by atoms with E-state index < -0.39 is 11.7 Å². The number of halogens is 3. The summed E-state index contributed by atoms with van der Waals surface area (Å²) in [4.78, 5) is 0. The van der Waals surface area contributed by atoms with E-state index in [4.69, 9.17) is 14.4 Å². The van der Waals surface area contributed by atoms with Gasteiger partial charge in [-0.1, -0.05) is 0 Å². The van der Waals surface area contributed by atoms with Crippen molar-refractivity contribution in [3.8, 4) is 11.8 Å².